The number of likely N-dealkylation sites (tertiary alicyclic amines) is 1. The third-order valence-electron chi connectivity index (χ3n) is 9.70. The monoisotopic (exact) mass is 656 g/mol. The van der Waals surface area contributed by atoms with Gasteiger partial charge in [-0.2, -0.15) is 0 Å². The predicted octanol–water partition coefficient (Wildman–Crippen LogP) is 4.33. The minimum absolute atomic E-state index is 0.0227. The largest absolute Gasteiger partial charge is 0.469 e. The summed E-state index contributed by atoms with van der Waals surface area (Å²) in [5.74, 6) is -1.60. The number of nitrogens with one attached hydrogen (secondary N) is 2. The molecule has 1 aliphatic heterocycles. The van der Waals surface area contributed by atoms with Gasteiger partial charge in [0.1, 0.15) is 6.04 Å². The minimum atomic E-state index is -0.821. The number of carbonyl (C=O) groups is 4. The summed E-state index contributed by atoms with van der Waals surface area (Å²) >= 11 is 0. The van der Waals surface area contributed by atoms with E-state index in [1.54, 1.807) is 44.9 Å². The highest BCUT2D eigenvalue weighted by Gasteiger charge is 2.43. The Morgan fingerprint density at radius 2 is 1.60 bits per heavy atom. The van der Waals surface area contributed by atoms with Crippen molar-refractivity contribution in [2.24, 2.45) is 17.3 Å². The third kappa shape index (κ3) is 9.44. The Labute approximate surface area is 283 Å². The van der Waals surface area contributed by atoms with E-state index in [4.69, 9.17) is 9.47 Å². The molecule has 0 spiro atoms. The van der Waals surface area contributed by atoms with Crippen molar-refractivity contribution in [3.05, 3.63) is 47.5 Å². The molecule has 1 fully saturated rings. The van der Waals surface area contributed by atoms with Crippen molar-refractivity contribution in [3.8, 4) is 0 Å². The van der Waals surface area contributed by atoms with Gasteiger partial charge in [0, 0.05) is 31.7 Å². The molecule has 10 heteroatoms. The topological polar surface area (TPSA) is 117 Å². The first-order chi connectivity index (χ1) is 21.8. The van der Waals surface area contributed by atoms with E-state index in [0.717, 1.165) is 12.0 Å². The van der Waals surface area contributed by atoms with E-state index in [2.05, 4.69) is 10.6 Å². The first-order valence-electron chi connectivity index (χ1n) is 16.7. The summed E-state index contributed by atoms with van der Waals surface area (Å²) in [4.78, 5) is 57.7. The van der Waals surface area contributed by atoms with Crippen molar-refractivity contribution >= 4 is 23.7 Å². The van der Waals surface area contributed by atoms with Gasteiger partial charge < -0.3 is 29.9 Å². The average Bonchev–Trinajstić information content (AvgIpc) is 3.50. The molecule has 264 valence electrons. The maximum absolute atomic E-state index is 14.3. The smallest absolute Gasteiger partial charge is 0.311 e. The number of hydrogen-bond acceptors (Lipinski definition) is 7. The Morgan fingerprint density at radius 1 is 1.00 bits per heavy atom. The number of rotatable bonds is 14. The minimum Gasteiger partial charge on any atom is -0.469 e. The number of methoxy groups -OCH3 is 2. The third-order valence-corrected chi connectivity index (χ3v) is 9.70. The summed E-state index contributed by atoms with van der Waals surface area (Å²) in [5.41, 5.74) is 0.363. The number of esters is 1. The van der Waals surface area contributed by atoms with Gasteiger partial charge in [-0.25, -0.2) is 0 Å². The lowest BCUT2D eigenvalue weighted by molar-refractivity contribution is -0.153. The molecule has 1 aromatic carbocycles. The fraction of sp³-hybridized carbons (Fsp3) is 0.676. The van der Waals surface area contributed by atoms with Crippen LogP contribution in [0, 0.1) is 17.3 Å². The van der Waals surface area contributed by atoms with E-state index in [-0.39, 0.29) is 35.7 Å². The van der Waals surface area contributed by atoms with Gasteiger partial charge in [-0.1, -0.05) is 84.9 Å². The fourth-order valence-corrected chi connectivity index (χ4v) is 6.78. The highest BCUT2D eigenvalue weighted by atomic mass is 16.5. The average molecular weight is 657 g/mol. The van der Waals surface area contributed by atoms with E-state index in [9.17, 15) is 19.2 Å². The van der Waals surface area contributed by atoms with Gasteiger partial charge in [0.2, 0.25) is 17.7 Å². The van der Waals surface area contributed by atoms with Crippen LogP contribution in [0.1, 0.15) is 80.7 Å². The highest BCUT2D eigenvalue weighted by Crippen LogP contribution is 2.30. The second kappa shape index (κ2) is 16.7. The number of ether oxygens (including phenoxy) is 2. The van der Waals surface area contributed by atoms with Crippen LogP contribution in [0.3, 0.4) is 0 Å². The maximum Gasteiger partial charge on any atom is 0.311 e. The summed E-state index contributed by atoms with van der Waals surface area (Å²) < 4.78 is 10.7. The molecule has 10 nitrogen and oxygen atoms in total. The summed E-state index contributed by atoms with van der Waals surface area (Å²) in [5, 5.41) is 6.27. The lowest BCUT2D eigenvalue weighted by atomic mass is 9.76. The molecule has 2 rings (SSSR count). The standard InChI is InChI=1S/C37H60N4O6/c1-23(2)28(22-24(3)33(43)41-21-17-20-27(41)29(46-12)25(4)35(45)47-13)40(11)34(44)31(36(5,6)7)39-32(42)30(38-10)37(8,9)26-18-15-14-16-19-26/h14-16,18-19,22-23,25,27-31,38H,17,20-21H2,1-13H3,(H,39,42)/b24-22+/t25-,27+,28-,29-,30-,31-/m1/s1. The lowest BCUT2D eigenvalue weighted by Gasteiger charge is -2.40. The van der Waals surface area contributed by atoms with Crippen molar-refractivity contribution in [2.75, 3.05) is 34.9 Å². The van der Waals surface area contributed by atoms with Gasteiger partial charge in [0.05, 0.1) is 37.3 Å². The number of nitrogens with zero attached hydrogens (tertiary/aromatic N) is 2. The normalized spacial score (nSPS) is 19.1. The first kappa shape index (κ1) is 39.9. The van der Waals surface area contributed by atoms with Crippen LogP contribution in [-0.2, 0) is 34.1 Å². The maximum atomic E-state index is 14.3. The van der Waals surface area contributed by atoms with Gasteiger partial charge in [-0.15, -0.1) is 0 Å². The molecule has 0 aromatic heterocycles. The van der Waals surface area contributed by atoms with Gasteiger partial charge in [-0.05, 0) is 50.6 Å². The van der Waals surface area contributed by atoms with E-state index in [0.29, 0.717) is 18.5 Å². The predicted molar refractivity (Wildman–Crippen MR) is 186 cm³/mol. The lowest BCUT2D eigenvalue weighted by Crippen LogP contribution is -2.61. The fourth-order valence-electron chi connectivity index (χ4n) is 6.78. The van der Waals surface area contributed by atoms with Crippen molar-refractivity contribution in [2.45, 2.75) is 111 Å². The SMILES string of the molecule is CN[C@H](C(=O)N[C@H](C(=O)N(C)[C@H](/C=C(\C)C(=O)N1CCC[C@H]1[C@H](OC)[C@@H](C)C(=O)OC)C(C)C)C(C)(C)C)C(C)(C)c1ccccc1. The van der Waals surface area contributed by atoms with Crippen molar-refractivity contribution in [1.82, 2.24) is 20.4 Å². The molecule has 1 aliphatic rings. The first-order valence-corrected chi connectivity index (χ1v) is 16.7. The Hall–Kier alpha value is -3.24. The van der Waals surface area contributed by atoms with Crippen molar-refractivity contribution < 1.29 is 28.7 Å². The van der Waals surface area contributed by atoms with Crippen LogP contribution in [0.25, 0.3) is 0 Å². The van der Waals surface area contributed by atoms with Crippen LogP contribution in [0.15, 0.2) is 42.0 Å². The van der Waals surface area contributed by atoms with Gasteiger partial charge in [-0.3, -0.25) is 19.2 Å². The van der Waals surface area contributed by atoms with Gasteiger partial charge >= 0.3 is 5.97 Å². The molecule has 2 N–H and O–H groups in total. The molecule has 6 atom stereocenters. The van der Waals surface area contributed by atoms with Crippen LogP contribution < -0.4 is 10.6 Å². The molecule has 0 bridgehead atoms. The number of likely N-dealkylation sites (N-methyl/N-ethyl adjacent to an activating group) is 2. The molecule has 1 heterocycles. The zero-order valence-corrected chi connectivity index (χ0v) is 31.0. The second-order valence-electron chi connectivity index (χ2n) is 14.9. The van der Waals surface area contributed by atoms with Crippen molar-refractivity contribution in [1.29, 1.82) is 0 Å². The van der Waals surface area contributed by atoms with Crippen LogP contribution in [-0.4, -0.2) is 98.6 Å². The van der Waals surface area contributed by atoms with Crippen LogP contribution >= 0.6 is 0 Å². The molecule has 0 saturated carbocycles. The quantitative estimate of drug-likeness (QED) is 0.226. The second-order valence-corrected chi connectivity index (χ2v) is 14.9. The van der Waals surface area contributed by atoms with E-state index < -0.39 is 41.0 Å². The Morgan fingerprint density at radius 3 is 2.09 bits per heavy atom. The Balaban J connectivity index is 2.35. The summed E-state index contributed by atoms with van der Waals surface area (Å²) in [6, 6.07) is 7.74. The summed E-state index contributed by atoms with van der Waals surface area (Å²) in [7, 11) is 6.38. The molecular formula is C37H60N4O6. The number of hydrogen-bond donors (Lipinski definition) is 2. The molecule has 47 heavy (non-hydrogen) atoms. The highest BCUT2D eigenvalue weighted by molar-refractivity contribution is 5.94. The zero-order chi connectivity index (χ0) is 35.9. The number of amides is 3. The van der Waals surface area contributed by atoms with E-state index in [1.807, 2.05) is 84.9 Å². The molecule has 1 saturated heterocycles. The van der Waals surface area contributed by atoms with Gasteiger partial charge in [0.15, 0.2) is 0 Å². The van der Waals surface area contributed by atoms with Crippen LogP contribution in [0.5, 0.6) is 0 Å². The van der Waals surface area contributed by atoms with E-state index in [1.165, 1.54) is 7.11 Å². The Kier molecular flexibility index (Phi) is 14.2. The van der Waals surface area contributed by atoms with Crippen LogP contribution in [0.4, 0.5) is 0 Å². The number of carbonyl (C=O) groups excluding carboxylic acids is 4. The molecule has 1 aromatic rings. The summed E-state index contributed by atoms with van der Waals surface area (Å²) in [6.07, 6.45) is 2.86. The zero-order valence-electron chi connectivity index (χ0n) is 31.0. The molecule has 3 amide bonds. The Bertz CT molecular complexity index is 1260. The molecular weight excluding hydrogens is 596 g/mol. The van der Waals surface area contributed by atoms with Crippen LogP contribution in [0.2, 0.25) is 0 Å². The van der Waals surface area contributed by atoms with Gasteiger partial charge in [0.25, 0.3) is 0 Å². The molecule has 0 unspecified atom stereocenters. The molecule has 0 radical (unpaired) electrons. The van der Waals surface area contributed by atoms with Crippen molar-refractivity contribution in [3.63, 3.8) is 0 Å². The summed E-state index contributed by atoms with van der Waals surface area (Å²) in [6.45, 7) is 17.9. The number of benzene rings is 1. The molecule has 0 aliphatic carbocycles. The van der Waals surface area contributed by atoms with E-state index >= 15 is 0 Å².